The Morgan fingerprint density at radius 2 is 2.03 bits per heavy atom. The van der Waals surface area contributed by atoms with Gasteiger partial charge in [-0.15, -0.1) is 0 Å². The summed E-state index contributed by atoms with van der Waals surface area (Å²) in [5.74, 6) is 1.86. The molecular formula is C27H25ClN8O3. The molecule has 0 amide bonds. The molecule has 5 aromatic rings. The second kappa shape index (κ2) is 8.27. The third-order valence-electron chi connectivity index (χ3n) is 8.22. The van der Waals surface area contributed by atoms with Crippen molar-refractivity contribution in [3.63, 3.8) is 0 Å². The average molecular weight is 545 g/mol. The molecule has 198 valence electrons. The van der Waals surface area contributed by atoms with Crippen LogP contribution in [0.2, 0.25) is 5.02 Å². The van der Waals surface area contributed by atoms with Crippen molar-refractivity contribution >= 4 is 39.9 Å². The first-order valence-electron chi connectivity index (χ1n) is 13.0. The number of halogens is 1. The number of imidazole rings is 1. The summed E-state index contributed by atoms with van der Waals surface area (Å²) in [5.41, 5.74) is 3.67. The van der Waals surface area contributed by atoms with Gasteiger partial charge in [0.05, 0.1) is 31.8 Å². The molecule has 0 aromatic carbocycles. The smallest absolute Gasteiger partial charge is 0.274 e. The highest BCUT2D eigenvalue weighted by molar-refractivity contribution is 6.36. The second-order valence-corrected chi connectivity index (χ2v) is 11.4. The molecule has 1 aliphatic heterocycles. The van der Waals surface area contributed by atoms with Gasteiger partial charge in [-0.25, -0.2) is 9.50 Å². The van der Waals surface area contributed by atoms with Gasteiger partial charge in [-0.3, -0.25) is 9.78 Å². The van der Waals surface area contributed by atoms with Crippen LogP contribution in [0.3, 0.4) is 0 Å². The maximum Gasteiger partial charge on any atom is 0.274 e. The van der Waals surface area contributed by atoms with Gasteiger partial charge in [0.1, 0.15) is 21.7 Å². The van der Waals surface area contributed by atoms with Crippen molar-refractivity contribution in [3.05, 3.63) is 64.2 Å². The van der Waals surface area contributed by atoms with Gasteiger partial charge >= 0.3 is 0 Å². The molecule has 2 saturated carbocycles. The lowest BCUT2D eigenvalue weighted by Gasteiger charge is -2.53. The summed E-state index contributed by atoms with van der Waals surface area (Å²) in [7, 11) is 1.84. The zero-order valence-corrected chi connectivity index (χ0v) is 21.9. The van der Waals surface area contributed by atoms with E-state index in [-0.39, 0.29) is 17.0 Å². The van der Waals surface area contributed by atoms with Crippen LogP contribution in [-0.2, 0) is 11.8 Å². The lowest BCUT2D eigenvalue weighted by Crippen LogP contribution is -2.53. The Labute approximate surface area is 227 Å². The summed E-state index contributed by atoms with van der Waals surface area (Å²) in [6.07, 6.45) is 14.5. The van der Waals surface area contributed by atoms with Crippen LogP contribution in [0.25, 0.3) is 16.7 Å². The van der Waals surface area contributed by atoms with Crippen molar-refractivity contribution < 1.29 is 9.47 Å². The molecule has 2 aliphatic carbocycles. The summed E-state index contributed by atoms with van der Waals surface area (Å²) in [6, 6.07) is 2.17. The third-order valence-corrected chi connectivity index (χ3v) is 8.59. The van der Waals surface area contributed by atoms with E-state index in [1.807, 2.05) is 17.7 Å². The van der Waals surface area contributed by atoms with E-state index in [0.717, 1.165) is 38.9 Å². The van der Waals surface area contributed by atoms with E-state index in [2.05, 4.69) is 31.6 Å². The fourth-order valence-corrected chi connectivity index (χ4v) is 6.11. The van der Waals surface area contributed by atoms with Crippen LogP contribution in [0, 0.1) is 5.41 Å². The van der Waals surface area contributed by atoms with Crippen LogP contribution in [0.4, 0.5) is 11.6 Å². The van der Waals surface area contributed by atoms with E-state index in [9.17, 15) is 4.79 Å². The normalized spacial score (nSPS) is 18.4. The highest BCUT2D eigenvalue weighted by Gasteiger charge is 2.50. The van der Waals surface area contributed by atoms with Gasteiger partial charge in [-0.2, -0.15) is 10.1 Å². The summed E-state index contributed by atoms with van der Waals surface area (Å²) >= 11 is 6.80. The monoisotopic (exact) mass is 544 g/mol. The molecular weight excluding hydrogens is 520 g/mol. The largest absolute Gasteiger partial charge is 0.450 e. The van der Waals surface area contributed by atoms with E-state index >= 15 is 0 Å². The summed E-state index contributed by atoms with van der Waals surface area (Å²) in [5, 5.41) is 7.93. The number of hydrogen-bond donors (Lipinski definition) is 1. The number of fused-ring (bicyclic) bond motifs is 2. The van der Waals surface area contributed by atoms with Crippen LogP contribution in [-0.4, -0.2) is 46.9 Å². The molecule has 3 aliphatic rings. The number of hydrogen-bond acceptors (Lipinski definition) is 8. The minimum Gasteiger partial charge on any atom is -0.450 e. The minimum absolute atomic E-state index is 0.0451. The maximum atomic E-state index is 13.6. The predicted molar refractivity (Wildman–Crippen MR) is 144 cm³/mol. The van der Waals surface area contributed by atoms with Crippen LogP contribution < -0.4 is 15.6 Å². The SMILES string of the molecule is Cn1c(Nc2cc(C3CC3)cn(C3CC4(COC4)C3)c2=O)nc2ncc(Oc3cnn4ccncc34)c(Cl)c21. The number of aryl methyl sites for hydroxylation is 1. The Morgan fingerprint density at radius 3 is 2.79 bits per heavy atom. The Morgan fingerprint density at radius 1 is 1.18 bits per heavy atom. The molecule has 0 unspecified atom stereocenters. The predicted octanol–water partition coefficient (Wildman–Crippen LogP) is 4.59. The first-order valence-corrected chi connectivity index (χ1v) is 13.4. The molecule has 6 heterocycles. The maximum absolute atomic E-state index is 13.6. The number of anilines is 2. The fraction of sp³-hybridized carbons (Fsp3) is 0.370. The summed E-state index contributed by atoms with van der Waals surface area (Å²) in [6.45, 7) is 1.61. The van der Waals surface area contributed by atoms with Gasteiger partial charge < -0.3 is 23.9 Å². The van der Waals surface area contributed by atoms with Crippen molar-refractivity contribution in [2.45, 2.75) is 37.6 Å². The molecule has 0 atom stereocenters. The number of rotatable bonds is 6. The van der Waals surface area contributed by atoms with E-state index < -0.39 is 0 Å². The van der Waals surface area contributed by atoms with E-state index in [0.29, 0.717) is 50.8 Å². The van der Waals surface area contributed by atoms with Gasteiger partial charge in [-0.1, -0.05) is 11.6 Å². The summed E-state index contributed by atoms with van der Waals surface area (Å²) < 4.78 is 16.9. The lowest BCUT2D eigenvalue weighted by atomic mass is 9.64. The van der Waals surface area contributed by atoms with Crippen molar-refractivity contribution in [1.29, 1.82) is 0 Å². The highest BCUT2D eigenvalue weighted by atomic mass is 35.5. The first kappa shape index (κ1) is 23.0. The number of pyridine rings is 2. The van der Waals surface area contributed by atoms with Crippen molar-refractivity contribution in [3.8, 4) is 11.5 Å². The number of aromatic nitrogens is 7. The van der Waals surface area contributed by atoms with Crippen LogP contribution >= 0.6 is 11.6 Å². The van der Waals surface area contributed by atoms with Crippen LogP contribution in [0.1, 0.15) is 43.2 Å². The van der Waals surface area contributed by atoms with Gasteiger partial charge in [0, 0.05) is 37.1 Å². The molecule has 1 spiro atoms. The number of nitrogens with zero attached hydrogens (tertiary/aromatic N) is 7. The van der Waals surface area contributed by atoms with Gasteiger partial charge in [0.15, 0.2) is 17.1 Å². The van der Waals surface area contributed by atoms with Gasteiger partial charge in [0.2, 0.25) is 5.95 Å². The standard InChI is InChI=1S/C27H25ClN8O3/c1-34-23-22(28)21(39-20-11-31-36-5-4-29-9-19(20)36)10-30-24(23)33-26(34)32-18-6-16(15-2-3-15)12-35(25(18)37)17-7-27(8-17)13-38-14-27/h4-6,9-12,15,17H,2-3,7-8,13-14H2,1H3,(H,30,32,33). The molecule has 12 heteroatoms. The van der Waals surface area contributed by atoms with Gasteiger partial charge in [-0.05, 0) is 43.2 Å². The van der Waals surface area contributed by atoms with Gasteiger partial charge in [0.25, 0.3) is 5.56 Å². The lowest BCUT2D eigenvalue weighted by molar-refractivity contribution is -0.174. The number of nitrogens with one attached hydrogen (secondary N) is 1. The van der Waals surface area contributed by atoms with Crippen molar-refractivity contribution in [2.75, 3.05) is 18.5 Å². The Kier molecular flexibility index (Phi) is 4.87. The summed E-state index contributed by atoms with van der Waals surface area (Å²) in [4.78, 5) is 26.9. The zero-order valence-electron chi connectivity index (χ0n) is 21.2. The Hall–Kier alpha value is -3.96. The quantitative estimate of drug-likeness (QED) is 0.330. The van der Waals surface area contributed by atoms with E-state index in [1.54, 1.807) is 40.1 Å². The Bertz CT molecular complexity index is 1830. The zero-order chi connectivity index (χ0) is 26.3. The molecule has 5 aromatic heterocycles. The molecule has 1 saturated heterocycles. The van der Waals surface area contributed by atoms with Crippen LogP contribution in [0.5, 0.6) is 11.5 Å². The second-order valence-electron chi connectivity index (χ2n) is 11.0. The topological polar surface area (TPSA) is 113 Å². The molecule has 39 heavy (non-hydrogen) atoms. The molecule has 11 nitrogen and oxygen atoms in total. The molecule has 3 fully saturated rings. The van der Waals surface area contributed by atoms with Crippen molar-refractivity contribution in [2.24, 2.45) is 12.5 Å². The molecule has 0 radical (unpaired) electrons. The highest BCUT2D eigenvalue weighted by Crippen LogP contribution is 2.53. The number of ether oxygens (including phenoxy) is 2. The van der Waals surface area contributed by atoms with Crippen LogP contribution in [0.15, 0.2) is 48.0 Å². The first-order chi connectivity index (χ1) is 19.0. The molecule has 1 N–H and O–H groups in total. The Balaban J connectivity index is 1.13. The molecule has 8 rings (SSSR count). The third kappa shape index (κ3) is 3.64. The van der Waals surface area contributed by atoms with E-state index in [4.69, 9.17) is 21.1 Å². The van der Waals surface area contributed by atoms with Crippen molar-refractivity contribution in [1.82, 2.24) is 33.7 Å². The minimum atomic E-state index is -0.0451. The van der Waals surface area contributed by atoms with E-state index in [1.165, 1.54) is 5.56 Å². The average Bonchev–Trinajstić information content (AvgIpc) is 3.58. The molecule has 0 bridgehead atoms. The fourth-order valence-electron chi connectivity index (χ4n) is 5.81.